The summed E-state index contributed by atoms with van der Waals surface area (Å²) in [5.41, 5.74) is 3.12. The van der Waals surface area contributed by atoms with E-state index in [1.165, 1.54) is 0 Å². The molecule has 0 saturated carbocycles. The molecule has 0 bridgehead atoms. The fourth-order valence-electron chi connectivity index (χ4n) is 3.11. The monoisotopic (exact) mass is 380 g/mol. The molecule has 0 spiro atoms. The van der Waals surface area contributed by atoms with Gasteiger partial charge in [0.05, 0.1) is 0 Å². The Morgan fingerprint density at radius 2 is 1.14 bits per heavy atom. The summed E-state index contributed by atoms with van der Waals surface area (Å²) in [6.45, 7) is 0. The third-order valence-corrected chi connectivity index (χ3v) is 4.70. The molecule has 0 radical (unpaired) electrons. The van der Waals surface area contributed by atoms with E-state index >= 15 is 0 Å². The van der Waals surface area contributed by atoms with Crippen molar-refractivity contribution in [2.75, 3.05) is 0 Å². The van der Waals surface area contributed by atoms with Crippen molar-refractivity contribution < 1.29 is 14.6 Å². The summed E-state index contributed by atoms with van der Waals surface area (Å²) in [6.07, 6.45) is -1.22. The predicted molar refractivity (Wildman–Crippen MR) is 114 cm³/mol. The van der Waals surface area contributed by atoms with Gasteiger partial charge in [0.1, 0.15) is 17.6 Å². The molecule has 1 atom stereocenters. The first-order chi connectivity index (χ1) is 14.2. The lowest BCUT2D eigenvalue weighted by molar-refractivity contribution is 0.0747. The minimum atomic E-state index is -1.22. The van der Waals surface area contributed by atoms with E-state index in [9.17, 15) is 9.90 Å². The van der Waals surface area contributed by atoms with Crippen LogP contribution in [0.4, 0.5) is 0 Å². The number of ketones is 1. The van der Waals surface area contributed by atoms with E-state index in [0.717, 1.165) is 16.9 Å². The highest BCUT2D eigenvalue weighted by molar-refractivity contribution is 6.00. The van der Waals surface area contributed by atoms with Crippen LogP contribution in [0.5, 0.6) is 11.5 Å². The normalized spacial score (nSPS) is 11.6. The van der Waals surface area contributed by atoms with Crippen molar-refractivity contribution in [1.82, 2.24) is 0 Å². The summed E-state index contributed by atoms with van der Waals surface area (Å²) in [6, 6.07) is 33.6. The Kier molecular flexibility index (Phi) is 5.50. The fraction of sp³-hybridized carbons (Fsp3) is 0.0385. The van der Waals surface area contributed by atoms with Crippen LogP contribution >= 0.6 is 0 Å². The molecular formula is C26H20O3. The van der Waals surface area contributed by atoms with Gasteiger partial charge in [0.15, 0.2) is 5.78 Å². The topological polar surface area (TPSA) is 46.5 Å². The molecular weight excluding hydrogens is 360 g/mol. The average Bonchev–Trinajstić information content (AvgIpc) is 2.80. The molecule has 4 aromatic carbocycles. The van der Waals surface area contributed by atoms with Crippen LogP contribution in [-0.4, -0.2) is 10.9 Å². The molecule has 142 valence electrons. The molecule has 4 aromatic rings. The number of carbonyl (C=O) groups excluding carboxylic acids is 1. The Balaban J connectivity index is 1.46. The molecule has 3 nitrogen and oxygen atoms in total. The SMILES string of the molecule is O=C(c1ccc(-c2ccccc2)cc1)C(O)c1ccc(Oc2ccccc2)cc1. The smallest absolute Gasteiger partial charge is 0.195 e. The van der Waals surface area contributed by atoms with Gasteiger partial charge in [-0.2, -0.15) is 0 Å². The number of hydrogen-bond donors (Lipinski definition) is 1. The predicted octanol–water partition coefficient (Wildman–Crippen LogP) is 6.06. The summed E-state index contributed by atoms with van der Waals surface area (Å²) in [5, 5.41) is 10.5. The zero-order valence-corrected chi connectivity index (χ0v) is 15.7. The van der Waals surface area contributed by atoms with Crippen molar-refractivity contribution in [3.8, 4) is 22.6 Å². The zero-order chi connectivity index (χ0) is 20.1. The average molecular weight is 380 g/mol. The molecule has 0 aliphatic rings. The van der Waals surface area contributed by atoms with Crippen LogP contribution in [0.25, 0.3) is 11.1 Å². The van der Waals surface area contributed by atoms with Crippen molar-refractivity contribution in [3.05, 3.63) is 120 Å². The van der Waals surface area contributed by atoms with Crippen molar-refractivity contribution >= 4 is 5.78 Å². The summed E-state index contributed by atoms with van der Waals surface area (Å²) in [5.74, 6) is 1.04. The lowest BCUT2D eigenvalue weighted by Gasteiger charge is -2.12. The van der Waals surface area contributed by atoms with Crippen LogP contribution in [0.3, 0.4) is 0 Å². The molecule has 0 aromatic heterocycles. The largest absolute Gasteiger partial charge is 0.457 e. The van der Waals surface area contributed by atoms with Crippen LogP contribution in [0.2, 0.25) is 0 Å². The minimum Gasteiger partial charge on any atom is -0.457 e. The van der Waals surface area contributed by atoms with Crippen molar-refractivity contribution in [2.45, 2.75) is 6.10 Å². The Bertz CT molecular complexity index is 1070. The number of hydrogen-bond acceptors (Lipinski definition) is 3. The van der Waals surface area contributed by atoms with Crippen LogP contribution in [0, 0.1) is 0 Å². The Morgan fingerprint density at radius 3 is 1.76 bits per heavy atom. The van der Waals surface area contributed by atoms with Crippen molar-refractivity contribution in [3.63, 3.8) is 0 Å². The molecule has 0 amide bonds. The number of benzene rings is 4. The summed E-state index contributed by atoms with van der Waals surface area (Å²) in [4.78, 5) is 12.7. The van der Waals surface area contributed by atoms with Gasteiger partial charge in [0, 0.05) is 5.56 Å². The lowest BCUT2D eigenvalue weighted by Crippen LogP contribution is -2.12. The third-order valence-electron chi connectivity index (χ3n) is 4.70. The highest BCUT2D eigenvalue weighted by Gasteiger charge is 2.19. The van der Waals surface area contributed by atoms with Gasteiger partial charge in [0.25, 0.3) is 0 Å². The lowest BCUT2D eigenvalue weighted by atomic mass is 9.97. The molecule has 1 unspecified atom stereocenters. The minimum absolute atomic E-state index is 0.332. The maximum Gasteiger partial charge on any atom is 0.195 e. The molecule has 4 rings (SSSR count). The Hall–Kier alpha value is -3.69. The van der Waals surface area contributed by atoms with Crippen LogP contribution in [0.15, 0.2) is 109 Å². The highest BCUT2D eigenvalue weighted by Crippen LogP contribution is 2.26. The van der Waals surface area contributed by atoms with E-state index in [2.05, 4.69) is 0 Å². The number of para-hydroxylation sites is 1. The molecule has 0 saturated heterocycles. The highest BCUT2D eigenvalue weighted by atomic mass is 16.5. The molecule has 1 N–H and O–H groups in total. The number of rotatable bonds is 6. The second-order valence-corrected chi connectivity index (χ2v) is 6.69. The quantitative estimate of drug-likeness (QED) is 0.413. The van der Waals surface area contributed by atoms with Crippen LogP contribution in [0.1, 0.15) is 22.0 Å². The molecule has 0 fully saturated rings. The van der Waals surface area contributed by atoms with Gasteiger partial charge in [-0.1, -0.05) is 84.9 Å². The van der Waals surface area contributed by atoms with Gasteiger partial charge in [-0.25, -0.2) is 0 Å². The molecule has 0 aliphatic heterocycles. The number of aliphatic hydroxyl groups is 1. The van der Waals surface area contributed by atoms with E-state index in [4.69, 9.17) is 4.74 Å². The standard InChI is InChI=1S/C26H20O3/c27-25(21-13-11-20(12-14-21)19-7-3-1-4-8-19)26(28)22-15-17-24(18-16-22)29-23-9-5-2-6-10-23/h1-18,26,28H. The maximum absolute atomic E-state index is 12.7. The summed E-state index contributed by atoms with van der Waals surface area (Å²) >= 11 is 0. The first kappa shape index (κ1) is 18.7. The second kappa shape index (κ2) is 8.55. The second-order valence-electron chi connectivity index (χ2n) is 6.69. The van der Waals surface area contributed by atoms with Crippen molar-refractivity contribution in [2.24, 2.45) is 0 Å². The third kappa shape index (κ3) is 4.42. The number of ether oxygens (including phenoxy) is 1. The maximum atomic E-state index is 12.7. The Labute approximate surface area is 169 Å². The van der Waals surface area contributed by atoms with Gasteiger partial charge in [-0.05, 0) is 41.0 Å². The molecule has 0 heterocycles. The number of carbonyl (C=O) groups is 1. The van der Waals surface area contributed by atoms with Gasteiger partial charge in [0.2, 0.25) is 0 Å². The summed E-state index contributed by atoms with van der Waals surface area (Å²) < 4.78 is 5.75. The van der Waals surface area contributed by atoms with Crippen LogP contribution < -0.4 is 4.74 Å². The van der Waals surface area contributed by atoms with Crippen molar-refractivity contribution in [1.29, 1.82) is 0 Å². The first-order valence-corrected chi connectivity index (χ1v) is 9.41. The van der Waals surface area contributed by atoms with Gasteiger partial charge in [-0.15, -0.1) is 0 Å². The van der Waals surface area contributed by atoms with E-state index in [0.29, 0.717) is 16.9 Å². The van der Waals surface area contributed by atoms with Gasteiger partial charge in [-0.3, -0.25) is 4.79 Å². The molecule has 3 heteroatoms. The molecule has 29 heavy (non-hydrogen) atoms. The molecule has 0 aliphatic carbocycles. The fourth-order valence-corrected chi connectivity index (χ4v) is 3.11. The summed E-state index contributed by atoms with van der Waals surface area (Å²) in [7, 11) is 0. The number of aliphatic hydroxyl groups excluding tert-OH is 1. The van der Waals surface area contributed by atoms with E-state index in [1.54, 1.807) is 36.4 Å². The van der Waals surface area contributed by atoms with Gasteiger partial charge >= 0.3 is 0 Å². The van der Waals surface area contributed by atoms with E-state index in [1.807, 2.05) is 72.8 Å². The Morgan fingerprint density at radius 1 is 0.621 bits per heavy atom. The zero-order valence-electron chi connectivity index (χ0n) is 15.7. The van der Waals surface area contributed by atoms with E-state index in [-0.39, 0.29) is 5.78 Å². The first-order valence-electron chi connectivity index (χ1n) is 9.41. The van der Waals surface area contributed by atoms with Crippen LogP contribution in [-0.2, 0) is 0 Å². The number of Topliss-reactive ketones (excluding diaryl/α,β-unsaturated/α-hetero) is 1. The van der Waals surface area contributed by atoms with Gasteiger partial charge < -0.3 is 9.84 Å². The van der Waals surface area contributed by atoms with E-state index < -0.39 is 6.10 Å².